The van der Waals surface area contributed by atoms with Gasteiger partial charge in [-0.25, -0.2) is 0 Å². The van der Waals surface area contributed by atoms with Gasteiger partial charge < -0.3 is 9.73 Å². The van der Waals surface area contributed by atoms with Crippen molar-refractivity contribution in [3.8, 4) is 0 Å². The first kappa shape index (κ1) is 12.5. The molecule has 2 aromatic rings. The molecule has 0 bridgehead atoms. The van der Waals surface area contributed by atoms with Crippen LogP contribution in [0.3, 0.4) is 0 Å². The third-order valence-corrected chi connectivity index (χ3v) is 4.28. The molecule has 19 heavy (non-hydrogen) atoms. The van der Waals surface area contributed by atoms with Crippen LogP contribution in [-0.2, 0) is 6.42 Å². The number of fused-ring (bicyclic) bond motifs is 1. The van der Waals surface area contributed by atoms with E-state index in [0.29, 0.717) is 12.0 Å². The van der Waals surface area contributed by atoms with Gasteiger partial charge in [-0.2, -0.15) is 0 Å². The van der Waals surface area contributed by atoms with E-state index in [1.807, 2.05) is 14.0 Å². The molecule has 1 aromatic heterocycles. The number of hydrogen-bond donors (Lipinski definition) is 1. The Morgan fingerprint density at radius 1 is 1.32 bits per heavy atom. The SMILES string of the molecule is CNC(CC1Cc2ccccc21)c1cc(C)oc1C. The molecule has 2 atom stereocenters. The van der Waals surface area contributed by atoms with Crippen LogP contribution in [0.5, 0.6) is 0 Å². The predicted molar refractivity (Wildman–Crippen MR) is 77.5 cm³/mol. The van der Waals surface area contributed by atoms with E-state index in [1.165, 1.54) is 23.1 Å². The molecule has 1 heterocycles. The lowest BCUT2D eigenvalue weighted by Gasteiger charge is -2.33. The Kier molecular flexibility index (Phi) is 3.19. The zero-order valence-corrected chi connectivity index (χ0v) is 11.9. The summed E-state index contributed by atoms with van der Waals surface area (Å²) in [4.78, 5) is 0. The maximum Gasteiger partial charge on any atom is 0.105 e. The lowest BCUT2D eigenvalue weighted by atomic mass is 9.74. The first-order chi connectivity index (χ1) is 9.19. The molecule has 0 radical (unpaired) electrons. The van der Waals surface area contributed by atoms with E-state index in [-0.39, 0.29) is 0 Å². The van der Waals surface area contributed by atoms with Gasteiger partial charge in [0.25, 0.3) is 0 Å². The Morgan fingerprint density at radius 2 is 2.11 bits per heavy atom. The molecule has 3 rings (SSSR count). The second-order valence-corrected chi connectivity index (χ2v) is 5.55. The summed E-state index contributed by atoms with van der Waals surface area (Å²) in [6.07, 6.45) is 2.36. The summed E-state index contributed by atoms with van der Waals surface area (Å²) in [5, 5.41) is 3.44. The molecule has 0 spiro atoms. The van der Waals surface area contributed by atoms with Gasteiger partial charge in [0.05, 0.1) is 0 Å². The predicted octanol–water partition coefficient (Wildman–Crippen LogP) is 3.89. The highest BCUT2D eigenvalue weighted by Gasteiger charge is 2.29. The number of nitrogens with one attached hydrogen (secondary N) is 1. The molecule has 1 aliphatic carbocycles. The molecule has 0 saturated heterocycles. The minimum absolute atomic E-state index is 0.385. The quantitative estimate of drug-likeness (QED) is 0.896. The van der Waals surface area contributed by atoms with Crippen molar-refractivity contribution in [2.45, 2.75) is 38.6 Å². The first-order valence-corrected chi connectivity index (χ1v) is 7.01. The third-order valence-electron chi connectivity index (χ3n) is 4.28. The molecular formula is C17H21NO. The normalized spacial score (nSPS) is 18.8. The molecule has 1 aliphatic rings. The summed E-state index contributed by atoms with van der Waals surface area (Å²) in [6, 6.07) is 11.3. The Labute approximate surface area is 114 Å². The molecule has 0 saturated carbocycles. The van der Waals surface area contributed by atoms with Crippen LogP contribution in [0.2, 0.25) is 0 Å². The van der Waals surface area contributed by atoms with Crippen molar-refractivity contribution in [1.82, 2.24) is 5.32 Å². The molecule has 2 heteroatoms. The lowest BCUT2D eigenvalue weighted by molar-refractivity contribution is 0.439. The number of aryl methyl sites for hydroxylation is 2. The van der Waals surface area contributed by atoms with E-state index in [0.717, 1.165) is 17.9 Å². The first-order valence-electron chi connectivity index (χ1n) is 7.01. The van der Waals surface area contributed by atoms with E-state index in [1.54, 1.807) is 0 Å². The third kappa shape index (κ3) is 2.21. The average Bonchev–Trinajstić information content (AvgIpc) is 2.70. The Bertz CT molecular complexity index is 585. The van der Waals surface area contributed by atoms with Gasteiger partial charge in [-0.1, -0.05) is 24.3 Å². The topological polar surface area (TPSA) is 25.2 Å². The summed E-state index contributed by atoms with van der Waals surface area (Å²) >= 11 is 0. The van der Waals surface area contributed by atoms with Crippen LogP contribution in [0.15, 0.2) is 34.7 Å². The van der Waals surface area contributed by atoms with E-state index < -0.39 is 0 Å². The highest BCUT2D eigenvalue weighted by molar-refractivity contribution is 5.40. The zero-order chi connectivity index (χ0) is 13.4. The summed E-state index contributed by atoms with van der Waals surface area (Å²) in [7, 11) is 2.04. The average molecular weight is 255 g/mol. The molecule has 100 valence electrons. The van der Waals surface area contributed by atoms with Crippen LogP contribution in [0.1, 0.15) is 46.6 Å². The minimum atomic E-state index is 0.385. The van der Waals surface area contributed by atoms with Crippen molar-refractivity contribution < 1.29 is 4.42 Å². The highest BCUT2D eigenvalue weighted by Crippen LogP contribution is 2.41. The van der Waals surface area contributed by atoms with Gasteiger partial charge in [-0.15, -0.1) is 0 Å². The van der Waals surface area contributed by atoms with Gasteiger partial charge >= 0.3 is 0 Å². The van der Waals surface area contributed by atoms with E-state index in [2.05, 4.69) is 42.6 Å². The van der Waals surface area contributed by atoms with Crippen molar-refractivity contribution in [3.05, 3.63) is 58.5 Å². The fraction of sp³-hybridized carbons (Fsp3) is 0.412. The van der Waals surface area contributed by atoms with Crippen molar-refractivity contribution in [2.75, 3.05) is 7.05 Å². The highest BCUT2D eigenvalue weighted by atomic mass is 16.3. The van der Waals surface area contributed by atoms with E-state index >= 15 is 0 Å². The Morgan fingerprint density at radius 3 is 2.74 bits per heavy atom. The fourth-order valence-corrected chi connectivity index (χ4v) is 3.25. The second kappa shape index (κ2) is 4.86. The van der Waals surface area contributed by atoms with Crippen molar-refractivity contribution >= 4 is 0 Å². The second-order valence-electron chi connectivity index (χ2n) is 5.55. The van der Waals surface area contributed by atoms with Crippen LogP contribution in [0.4, 0.5) is 0 Å². The zero-order valence-electron chi connectivity index (χ0n) is 11.9. The monoisotopic (exact) mass is 255 g/mol. The van der Waals surface area contributed by atoms with Crippen LogP contribution in [0, 0.1) is 13.8 Å². The van der Waals surface area contributed by atoms with Crippen LogP contribution in [0.25, 0.3) is 0 Å². The number of rotatable bonds is 4. The van der Waals surface area contributed by atoms with Crippen LogP contribution >= 0.6 is 0 Å². The maximum atomic E-state index is 5.66. The largest absolute Gasteiger partial charge is 0.466 e. The maximum absolute atomic E-state index is 5.66. The van der Waals surface area contributed by atoms with Gasteiger partial charge in [0.15, 0.2) is 0 Å². The lowest BCUT2D eigenvalue weighted by Crippen LogP contribution is -2.25. The van der Waals surface area contributed by atoms with Crippen LogP contribution in [-0.4, -0.2) is 7.05 Å². The molecule has 0 amide bonds. The smallest absolute Gasteiger partial charge is 0.105 e. The van der Waals surface area contributed by atoms with E-state index in [4.69, 9.17) is 4.42 Å². The number of furan rings is 1. The molecule has 1 aromatic carbocycles. The molecule has 0 aliphatic heterocycles. The summed E-state index contributed by atoms with van der Waals surface area (Å²) < 4.78 is 5.66. The van der Waals surface area contributed by atoms with Crippen molar-refractivity contribution in [3.63, 3.8) is 0 Å². The Balaban J connectivity index is 1.77. The van der Waals surface area contributed by atoms with Crippen molar-refractivity contribution in [2.24, 2.45) is 0 Å². The number of benzene rings is 1. The summed E-state index contributed by atoms with van der Waals surface area (Å²) in [6.45, 7) is 4.07. The van der Waals surface area contributed by atoms with Gasteiger partial charge in [0, 0.05) is 11.6 Å². The molecule has 2 unspecified atom stereocenters. The minimum Gasteiger partial charge on any atom is -0.466 e. The molecular weight excluding hydrogens is 234 g/mol. The van der Waals surface area contributed by atoms with Crippen molar-refractivity contribution in [1.29, 1.82) is 0 Å². The molecule has 0 fully saturated rings. The molecule has 2 nitrogen and oxygen atoms in total. The van der Waals surface area contributed by atoms with Gasteiger partial charge in [-0.3, -0.25) is 0 Å². The van der Waals surface area contributed by atoms with Gasteiger partial charge in [0.2, 0.25) is 0 Å². The van der Waals surface area contributed by atoms with Gasteiger partial charge in [0.1, 0.15) is 11.5 Å². The van der Waals surface area contributed by atoms with Gasteiger partial charge in [-0.05, 0) is 56.8 Å². The Hall–Kier alpha value is -1.54. The summed E-state index contributed by atoms with van der Waals surface area (Å²) in [5.41, 5.74) is 4.35. The molecule has 1 N–H and O–H groups in total. The standard InChI is InChI=1S/C17H21NO/c1-11-8-16(12(2)19-11)17(18-3)10-14-9-13-6-4-5-7-15(13)14/h4-8,14,17-18H,9-10H2,1-3H3. The van der Waals surface area contributed by atoms with E-state index in [9.17, 15) is 0 Å². The fourth-order valence-electron chi connectivity index (χ4n) is 3.25. The summed E-state index contributed by atoms with van der Waals surface area (Å²) in [5.74, 6) is 2.73. The van der Waals surface area contributed by atoms with Crippen LogP contribution < -0.4 is 5.32 Å². The number of hydrogen-bond acceptors (Lipinski definition) is 2.